The number of halogens is 1. The molecule has 134 valence electrons. The highest BCUT2D eigenvalue weighted by Gasteiger charge is 2.27. The Hall–Kier alpha value is -1.14. The van der Waals surface area contributed by atoms with E-state index in [1.807, 2.05) is 38.4 Å². The third-order valence-electron chi connectivity index (χ3n) is 4.10. The highest BCUT2D eigenvalue weighted by atomic mass is 35.5. The molecule has 1 aromatic rings. The van der Waals surface area contributed by atoms with Gasteiger partial charge in [-0.2, -0.15) is 0 Å². The van der Waals surface area contributed by atoms with Crippen molar-refractivity contribution in [2.75, 3.05) is 40.5 Å². The van der Waals surface area contributed by atoms with E-state index >= 15 is 0 Å². The van der Waals surface area contributed by atoms with Gasteiger partial charge in [0.25, 0.3) is 0 Å². The number of carbonyl (C=O) groups excluding carboxylic acids is 1. The van der Waals surface area contributed by atoms with Crippen LogP contribution in [0.4, 0.5) is 0 Å². The number of nitrogens with one attached hydrogen (secondary N) is 1. The summed E-state index contributed by atoms with van der Waals surface area (Å²) in [6, 6.07) is 7.65. The van der Waals surface area contributed by atoms with Gasteiger partial charge in [-0.1, -0.05) is 29.8 Å². The van der Waals surface area contributed by atoms with Crippen LogP contribution in [0.2, 0.25) is 5.02 Å². The van der Waals surface area contributed by atoms with Gasteiger partial charge in [0.1, 0.15) is 6.10 Å². The van der Waals surface area contributed by atoms with Gasteiger partial charge in [-0.25, -0.2) is 0 Å². The van der Waals surface area contributed by atoms with Crippen LogP contribution in [0.3, 0.4) is 0 Å². The van der Waals surface area contributed by atoms with Crippen LogP contribution in [-0.4, -0.2) is 63.4 Å². The second kappa shape index (κ2) is 9.99. The molecule has 0 radical (unpaired) electrons. The quantitative estimate of drug-likeness (QED) is 0.777. The lowest BCUT2D eigenvalue weighted by atomic mass is 10.0. The highest BCUT2D eigenvalue weighted by molar-refractivity contribution is 6.31. The SMILES string of the molecule is CN(C)CCO[C@@H]1COCC[C@H]1NC(=O)CCc1ccccc1Cl. The molecule has 0 aromatic heterocycles. The minimum absolute atomic E-state index is 0.0136. The van der Waals surface area contributed by atoms with Gasteiger partial charge in [-0.15, -0.1) is 0 Å². The normalized spacial score (nSPS) is 21.0. The lowest BCUT2D eigenvalue weighted by molar-refractivity contribution is -0.126. The van der Waals surface area contributed by atoms with Gasteiger partial charge >= 0.3 is 0 Å². The molecule has 0 saturated carbocycles. The number of nitrogens with zero attached hydrogens (tertiary/aromatic N) is 1. The van der Waals surface area contributed by atoms with Crippen LogP contribution in [0.25, 0.3) is 0 Å². The molecule has 1 N–H and O–H groups in total. The molecule has 5 nitrogen and oxygen atoms in total. The number of amides is 1. The van der Waals surface area contributed by atoms with Crippen LogP contribution >= 0.6 is 11.6 Å². The van der Waals surface area contributed by atoms with Gasteiger partial charge < -0.3 is 19.7 Å². The number of hydrogen-bond acceptors (Lipinski definition) is 4. The summed E-state index contributed by atoms with van der Waals surface area (Å²) < 4.78 is 11.4. The van der Waals surface area contributed by atoms with Gasteiger partial charge in [-0.3, -0.25) is 4.79 Å². The summed E-state index contributed by atoms with van der Waals surface area (Å²) in [4.78, 5) is 14.3. The first-order valence-electron chi connectivity index (χ1n) is 8.43. The molecule has 1 aromatic carbocycles. The van der Waals surface area contributed by atoms with E-state index in [1.54, 1.807) is 0 Å². The van der Waals surface area contributed by atoms with E-state index in [9.17, 15) is 4.79 Å². The maximum atomic E-state index is 12.3. The summed E-state index contributed by atoms with van der Waals surface area (Å²) in [5, 5.41) is 3.81. The largest absolute Gasteiger partial charge is 0.379 e. The molecule has 2 rings (SSSR count). The Balaban J connectivity index is 1.78. The van der Waals surface area contributed by atoms with Gasteiger partial charge in [0.15, 0.2) is 0 Å². The van der Waals surface area contributed by atoms with Gasteiger partial charge in [0, 0.05) is 24.6 Å². The van der Waals surface area contributed by atoms with E-state index in [0.717, 1.165) is 18.5 Å². The smallest absolute Gasteiger partial charge is 0.220 e. The van der Waals surface area contributed by atoms with E-state index < -0.39 is 0 Å². The van der Waals surface area contributed by atoms with Crippen molar-refractivity contribution in [3.8, 4) is 0 Å². The molecule has 0 aliphatic carbocycles. The van der Waals surface area contributed by atoms with Gasteiger partial charge in [0.2, 0.25) is 5.91 Å². The number of carbonyl (C=O) groups is 1. The molecule has 1 aliphatic heterocycles. The first kappa shape index (κ1) is 19.2. The van der Waals surface area contributed by atoms with Crippen molar-refractivity contribution >= 4 is 17.5 Å². The average Bonchev–Trinajstić information content (AvgIpc) is 2.55. The third kappa shape index (κ3) is 6.40. The molecule has 1 aliphatic rings. The minimum Gasteiger partial charge on any atom is -0.379 e. The summed E-state index contributed by atoms with van der Waals surface area (Å²) in [5.74, 6) is 0.0306. The molecule has 0 unspecified atom stereocenters. The summed E-state index contributed by atoms with van der Waals surface area (Å²) in [6.07, 6.45) is 1.76. The molecule has 2 atom stereocenters. The van der Waals surface area contributed by atoms with Crippen molar-refractivity contribution in [2.24, 2.45) is 0 Å². The number of benzene rings is 1. The first-order chi connectivity index (χ1) is 11.6. The fourth-order valence-corrected chi connectivity index (χ4v) is 2.89. The number of aryl methyl sites for hydroxylation is 1. The standard InChI is InChI=1S/C18H27ClN2O3/c1-21(2)10-12-24-17-13-23-11-9-16(17)20-18(22)8-7-14-5-3-4-6-15(14)19/h3-6,16-17H,7-13H2,1-2H3,(H,20,22)/t16-,17-/m1/s1. The predicted octanol–water partition coefficient (Wildman–Crippen LogP) is 2.12. The second-order valence-electron chi connectivity index (χ2n) is 6.34. The van der Waals surface area contributed by atoms with E-state index in [1.165, 1.54) is 0 Å². The van der Waals surface area contributed by atoms with Crippen molar-refractivity contribution in [3.63, 3.8) is 0 Å². The van der Waals surface area contributed by atoms with E-state index in [0.29, 0.717) is 37.7 Å². The molecule has 1 fully saturated rings. The number of ether oxygens (including phenoxy) is 2. The summed E-state index contributed by atoms with van der Waals surface area (Å²) in [7, 11) is 4.02. The molecule has 6 heteroatoms. The zero-order valence-corrected chi connectivity index (χ0v) is 15.2. The van der Waals surface area contributed by atoms with Gasteiger partial charge in [-0.05, 0) is 38.6 Å². The van der Waals surface area contributed by atoms with Crippen LogP contribution in [0.15, 0.2) is 24.3 Å². The monoisotopic (exact) mass is 354 g/mol. The third-order valence-corrected chi connectivity index (χ3v) is 4.47. The van der Waals surface area contributed by atoms with Crippen LogP contribution in [0, 0.1) is 0 Å². The molecule has 24 heavy (non-hydrogen) atoms. The van der Waals surface area contributed by atoms with Crippen molar-refractivity contribution in [1.29, 1.82) is 0 Å². The van der Waals surface area contributed by atoms with Crippen LogP contribution in [0.1, 0.15) is 18.4 Å². The Bertz CT molecular complexity index is 525. The molecular formula is C18H27ClN2O3. The first-order valence-corrected chi connectivity index (χ1v) is 8.81. The number of rotatable bonds is 8. The zero-order valence-electron chi connectivity index (χ0n) is 14.5. The Morgan fingerprint density at radius 2 is 2.21 bits per heavy atom. The zero-order chi connectivity index (χ0) is 17.4. The fourth-order valence-electron chi connectivity index (χ4n) is 2.66. The lowest BCUT2D eigenvalue weighted by Gasteiger charge is -2.32. The van der Waals surface area contributed by atoms with Gasteiger partial charge in [0.05, 0.1) is 19.3 Å². The fraction of sp³-hybridized carbons (Fsp3) is 0.611. The van der Waals surface area contributed by atoms with Crippen molar-refractivity contribution in [3.05, 3.63) is 34.9 Å². The molecule has 1 heterocycles. The number of hydrogen-bond donors (Lipinski definition) is 1. The summed E-state index contributed by atoms with van der Waals surface area (Å²) in [6.45, 7) is 2.67. The Morgan fingerprint density at radius 1 is 1.42 bits per heavy atom. The van der Waals surface area contributed by atoms with E-state index in [-0.39, 0.29) is 18.1 Å². The molecule has 0 spiro atoms. The molecule has 1 amide bonds. The van der Waals surface area contributed by atoms with E-state index in [4.69, 9.17) is 21.1 Å². The molecule has 0 bridgehead atoms. The lowest BCUT2D eigenvalue weighted by Crippen LogP contribution is -2.50. The van der Waals surface area contributed by atoms with Crippen LogP contribution in [-0.2, 0) is 20.7 Å². The van der Waals surface area contributed by atoms with Crippen LogP contribution in [0.5, 0.6) is 0 Å². The molecule has 1 saturated heterocycles. The number of likely N-dealkylation sites (N-methyl/N-ethyl adjacent to an activating group) is 1. The topological polar surface area (TPSA) is 50.8 Å². The second-order valence-corrected chi connectivity index (χ2v) is 6.75. The maximum absolute atomic E-state index is 12.3. The molecular weight excluding hydrogens is 328 g/mol. The highest BCUT2D eigenvalue weighted by Crippen LogP contribution is 2.17. The predicted molar refractivity (Wildman–Crippen MR) is 95.4 cm³/mol. The minimum atomic E-state index is -0.0806. The van der Waals surface area contributed by atoms with Crippen LogP contribution < -0.4 is 5.32 Å². The Labute approximate surface area is 149 Å². The Kier molecular flexibility index (Phi) is 7.99. The maximum Gasteiger partial charge on any atom is 0.220 e. The van der Waals surface area contributed by atoms with Crippen molar-refractivity contribution < 1.29 is 14.3 Å². The summed E-state index contributed by atoms with van der Waals surface area (Å²) in [5.41, 5.74) is 1.00. The van der Waals surface area contributed by atoms with E-state index in [2.05, 4.69) is 10.2 Å². The Morgan fingerprint density at radius 3 is 2.96 bits per heavy atom. The average molecular weight is 355 g/mol. The van der Waals surface area contributed by atoms with Crippen molar-refractivity contribution in [2.45, 2.75) is 31.4 Å². The van der Waals surface area contributed by atoms with Crippen molar-refractivity contribution in [1.82, 2.24) is 10.2 Å². The summed E-state index contributed by atoms with van der Waals surface area (Å²) >= 11 is 6.13.